The van der Waals surface area contributed by atoms with Gasteiger partial charge in [-0.15, -0.1) is 0 Å². The summed E-state index contributed by atoms with van der Waals surface area (Å²) in [5.74, 6) is -0.211. The van der Waals surface area contributed by atoms with Crippen molar-refractivity contribution >= 4 is 67.3 Å². The first-order valence-electron chi connectivity index (χ1n) is 8.44. The number of benzene rings is 1. The van der Waals surface area contributed by atoms with Gasteiger partial charge >= 0.3 is 0 Å². The molecule has 2 fully saturated rings. The Kier molecular flexibility index (Phi) is 4.50. The molecule has 1 saturated heterocycles. The summed E-state index contributed by atoms with van der Waals surface area (Å²) in [6.07, 6.45) is 4.25. The highest BCUT2D eigenvalue weighted by molar-refractivity contribution is 9.10. The molecule has 0 bridgehead atoms. The average Bonchev–Trinajstić information content (AvgIpc) is 3.25. The molecule has 0 unspecified atom stereocenters. The fourth-order valence-electron chi connectivity index (χ4n) is 3.84. The van der Waals surface area contributed by atoms with E-state index in [0.717, 1.165) is 41.4 Å². The molecule has 0 aromatic heterocycles. The molecule has 1 aromatic carbocycles. The Hall–Kier alpha value is -1.18. The average molecular weight is 437 g/mol. The van der Waals surface area contributed by atoms with Crippen LogP contribution in [0.3, 0.4) is 0 Å². The van der Waals surface area contributed by atoms with Crippen LogP contribution in [0, 0.1) is 0 Å². The van der Waals surface area contributed by atoms with Crippen molar-refractivity contribution < 1.29 is 9.59 Å². The van der Waals surface area contributed by atoms with E-state index in [4.69, 9.17) is 12.2 Å². The minimum atomic E-state index is -0.109. The second-order valence-electron chi connectivity index (χ2n) is 6.40. The SMILES string of the molecule is CCN1C(=O)/C(=C2/SC(=S)N(C3CCCC3)C2=O)c2cc(Br)ccc21. The maximum atomic E-state index is 13.1. The molecule has 130 valence electrons. The fourth-order valence-corrected chi connectivity index (χ4v) is 5.68. The number of halogens is 1. The van der Waals surface area contributed by atoms with Crippen LogP contribution in [0.5, 0.6) is 0 Å². The summed E-state index contributed by atoms with van der Waals surface area (Å²) in [7, 11) is 0. The van der Waals surface area contributed by atoms with E-state index in [-0.39, 0.29) is 17.9 Å². The second-order valence-corrected chi connectivity index (χ2v) is 8.96. The zero-order valence-corrected chi connectivity index (χ0v) is 17.0. The number of hydrogen-bond acceptors (Lipinski definition) is 4. The van der Waals surface area contributed by atoms with Crippen molar-refractivity contribution in [1.29, 1.82) is 0 Å². The molecule has 2 heterocycles. The molecule has 1 aliphatic carbocycles. The molecule has 0 spiro atoms. The minimum Gasteiger partial charge on any atom is -0.308 e. The molecule has 0 radical (unpaired) electrons. The third kappa shape index (κ3) is 2.67. The molecule has 2 aliphatic heterocycles. The lowest BCUT2D eigenvalue weighted by atomic mass is 10.1. The van der Waals surface area contributed by atoms with Gasteiger partial charge in [0, 0.05) is 22.6 Å². The van der Waals surface area contributed by atoms with E-state index >= 15 is 0 Å². The number of amides is 2. The number of carbonyl (C=O) groups is 2. The first-order valence-corrected chi connectivity index (χ1v) is 10.5. The summed E-state index contributed by atoms with van der Waals surface area (Å²) in [6, 6.07) is 5.94. The second kappa shape index (κ2) is 6.52. The van der Waals surface area contributed by atoms with Gasteiger partial charge < -0.3 is 4.90 Å². The van der Waals surface area contributed by atoms with Crippen molar-refractivity contribution in [2.45, 2.75) is 38.6 Å². The summed E-state index contributed by atoms with van der Waals surface area (Å²) in [6.45, 7) is 2.51. The highest BCUT2D eigenvalue weighted by Gasteiger charge is 2.44. The van der Waals surface area contributed by atoms with E-state index < -0.39 is 0 Å². The number of nitrogens with zero attached hydrogens (tertiary/aromatic N) is 2. The standard InChI is InChI=1S/C18H17BrN2O2S2/c1-2-20-13-8-7-10(19)9-12(13)14(16(20)22)15-17(23)21(18(24)25-15)11-5-3-4-6-11/h7-9,11H,2-6H2,1H3/b15-14+. The van der Waals surface area contributed by atoms with Gasteiger partial charge in [0.15, 0.2) is 0 Å². The van der Waals surface area contributed by atoms with Crippen LogP contribution in [0.25, 0.3) is 5.57 Å². The van der Waals surface area contributed by atoms with Gasteiger partial charge in [0.1, 0.15) is 4.32 Å². The molecular weight excluding hydrogens is 420 g/mol. The Balaban J connectivity index is 1.83. The number of fused-ring (bicyclic) bond motifs is 1. The summed E-state index contributed by atoms with van der Waals surface area (Å²) < 4.78 is 1.47. The predicted molar refractivity (Wildman–Crippen MR) is 108 cm³/mol. The smallest absolute Gasteiger partial charge is 0.267 e. The first kappa shape index (κ1) is 17.2. The predicted octanol–water partition coefficient (Wildman–Crippen LogP) is 4.33. The van der Waals surface area contributed by atoms with Crippen molar-refractivity contribution in [3.63, 3.8) is 0 Å². The van der Waals surface area contributed by atoms with Gasteiger partial charge in [-0.05, 0) is 38.0 Å². The highest BCUT2D eigenvalue weighted by atomic mass is 79.9. The van der Waals surface area contributed by atoms with Gasteiger partial charge in [-0.2, -0.15) is 0 Å². The molecule has 7 heteroatoms. The third-order valence-corrected chi connectivity index (χ3v) is 6.90. The summed E-state index contributed by atoms with van der Waals surface area (Å²) >= 11 is 10.2. The number of anilines is 1. The van der Waals surface area contributed by atoms with Gasteiger partial charge in [-0.25, -0.2) is 0 Å². The zero-order valence-electron chi connectivity index (χ0n) is 13.8. The fraction of sp³-hybridized carbons (Fsp3) is 0.389. The quantitative estimate of drug-likeness (QED) is 0.510. The topological polar surface area (TPSA) is 40.6 Å². The van der Waals surface area contributed by atoms with E-state index in [1.54, 1.807) is 9.80 Å². The molecule has 0 atom stereocenters. The van der Waals surface area contributed by atoms with Crippen molar-refractivity contribution in [3.8, 4) is 0 Å². The van der Waals surface area contributed by atoms with Gasteiger partial charge in [0.2, 0.25) is 0 Å². The molecule has 1 saturated carbocycles. The van der Waals surface area contributed by atoms with Gasteiger partial charge in [0.25, 0.3) is 11.8 Å². The zero-order chi connectivity index (χ0) is 17.7. The first-order chi connectivity index (χ1) is 12.0. The number of thioether (sulfide) groups is 1. The van der Waals surface area contributed by atoms with Crippen LogP contribution in [0.15, 0.2) is 27.6 Å². The van der Waals surface area contributed by atoms with Crippen molar-refractivity contribution in [2.24, 2.45) is 0 Å². The van der Waals surface area contributed by atoms with Crippen molar-refractivity contribution in [1.82, 2.24) is 4.90 Å². The summed E-state index contributed by atoms with van der Waals surface area (Å²) in [5.41, 5.74) is 2.17. The van der Waals surface area contributed by atoms with Crippen LogP contribution in [0.4, 0.5) is 5.69 Å². The Labute approximate surface area is 164 Å². The minimum absolute atomic E-state index is 0.103. The van der Waals surface area contributed by atoms with Crippen LogP contribution in [0.2, 0.25) is 0 Å². The van der Waals surface area contributed by atoms with Crippen molar-refractivity contribution in [3.05, 3.63) is 33.1 Å². The maximum Gasteiger partial charge on any atom is 0.267 e. The number of carbonyl (C=O) groups excluding carboxylic acids is 2. The van der Waals surface area contributed by atoms with Crippen molar-refractivity contribution in [2.75, 3.05) is 11.4 Å². The monoisotopic (exact) mass is 436 g/mol. The van der Waals surface area contributed by atoms with Crippen LogP contribution in [0.1, 0.15) is 38.2 Å². The Morgan fingerprint density at radius 2 is 1.96 bits per heavy atom. The number of rotatable bonds is 2. The Morgan fingerprint density at radius 1 is 1.24 bits per heavy atom. The summed E-state index contributed by atoms with van der Waals surface area (Å²) in [4.78, 5) is 30.0. The Bertz CT molecular complexity index is 830. The molecule has 4 rings (SSSR count). The maximum absolute atomic E-state index is 13.1. The lowest BCUT2D eigenvalue weighted by Crippen LogP contribution is -2.37. The van der Waals surface area contributed by atoms with Crippen LogP contribution >= 0.6 is 39.9 Å². The molecule has 3 aliphatic rings. The molecule has 4 nitrogen and oxygen atoms in total. The Morgan fingerprint density at radius 3 is 2.64 bits per heavy atom. The third-order valence-electron chi connectivity index (χ3n) is 5.01. The normalized spacial score (nSPS) is 24.0. The van der Waals surface area contributed by atoms with Gasteiger partial charge in [-0.3, -0.25) is 14.5 Å². The van der Waals surface area contributed by atoms with E-state index in [0.29, 0.717) is 21.3 Å². The molecule has 1 aromatic rings. The molecule has 0 N–H and O–H groups in total. The lowest BCUT2D eigenvalue weighted by molar-refractivity contribution is -0.123. The molecule has 2 amide bonds. The van der Waals surface area contributed by atoms with E-state index in [1.807, 2.05) is 25.1 Å². The van der Waals surface area contributed by atoms with E-state index in [9.17, 15) is 9.59 Å². The molecule has 25 heavy (non-hydrogen) atoms. The van der Waals surface area contributed by atoms with Crippen LogP contribution in [-0.4, -0.2) is 33.6 Å². The van der Waals surface area contributed by atoms with Crippen LogP contribution in [-0.2, 0) is 9.59 Å². The van der Waals surface area contributed by atoms with Gasteiger partial charge in [-0.1, -0.05) is 52.8 Å². The highest BCUT2D eigenvalue weighted by Crippen LogP contribution is 2.46. The largest absolute Gasteiger partial charge is 0.308 e. The number of hydrogen-bond donors (Lipinski definition) is 0. The number of likely N-dealkylation sites (N-methyl/N-ethyl adjacent to an activating group) is 1. The van der Waals surface area contributed by atoms with E-state index in [2.05, 4.69) is 15.9 Å². The van der Waals surface area contributed by atoms with Gasteiger partial charge in [0.05, 0.1) is 16.2 Å². The lowest BCUT2D eigenvalue weighted by Gasteiger charge is -2.22. The summed E-state index contributed by atoms with van der Waals surface area (Å²) in [5, 5.41) is 0. The molecular formula is C18H17BrN2O2S2. The van der Waals surface area contributed by atoms with E-state index in [1.165, 1.54) is 11.8 Å². The van der Waals surface area contributed by atoms with Crippen LogP contribution < -0.4 is 4.90 Å². The number of thiocarbonyl (C=S) groups is 1.